The van der Waals surface area contributed by atoms with E-state index in [1.54, 1.807) is 14.2 Å². The molecule has 3 aromatic rings. The van der Waals surface area contributed by atoms with Crippen LogP contribution in [0, 0.1) is 6.92 Å². The molecule has 2 fully saturated rings. The summed E-state index contributed by atoms with van der Waals surface area (Å²) in [6, 6.07) is 11.9. The average molecular weight is 406 g/mol. The molecular formula is C23H26N4O3. The number of nitrogens with zero attached hydrogens (tertiary/aromatic N) is 4. The minimum Gasteiger partial charge on any atom is -0.493 e. The maximum atomic E-state index is 6.11. The molecule has 2 aromatic heterocycles. The second-order valence-electron chi connectivity index (χ2n) is 8.02. The molecule has 4 heterocycles. The van der Waals surface area contributed by atoms with E-state index in [-0.39, 0.29) is 12.0 Å². The van der Waals surface area contributed by atoms with Gasteiger partial charge in [-0.15, -0.1) is 5.10 Å². The van der Waals surface area contributed by atoms with Gasteiger partial charge in [0.25, 0.3) is 0 Å². The largest absolute Gasteiger partial charge is 0.493 e. The lowest BCUT2D eigenvalue weighted by atomic mass is 9.88. The summed E-state index contributed by atoms with van der Waals surface area (Å²) in [5.74, 6) is 4.20. The Bertz CT molecular complexity index is 1060. The first-order chi connectivity index (χ1) is 14.6. The van der Waals surface area contributed by atoms with Crippen molar-refractivity contribution < 1.29 is 14.2 Å². The summed E-state index contributed by atoms with van der Waals surface area (Å²) >= 11 is 0. The normalized spacial score (nSPS) is 22.4. The quantitative estimate of drug-likeness (QED) is 0.623. The number of pyridine rings is 1. The lowest BCUT2D eigenvalue weighted by molar-refractivity contribution is 0.0997. The topological polar surface area (TPSA) is 71.3 Å². The Labute approximate surface area is 176 Å². The minimum absolute atomic E-state index is 0.233. The van der Waals surface area contributed by atoms with Crippen LogP contribution in [0.1, 0.15) is 48.1 Å². The van der Waals surface area contributed by atoms with E-state index in [4.69, 9.17) is 29.3 Å². The van der Waals surface area contributed by atoms with Gasteiger partial charge in [-0.2, -0.15) is 4.68 Å². The molecule has 1 aromatic carbocycles. The lowest BCUT2D eigenvalue weighted by Gasteiger charge is -2.18. The second-order valence-corrected chi connectivity index (χ2v) is 8.02. The Kier molecular flexibility index (Phi) is 4.90. The summed E-state index contributed by atoms with van der Waals surface area (Å²) in [5, 5.41) is 4.86. The summed E-state index contributed by atoms with van der Waals surface area (Å²) in [4.78, 5) is 9.66. The van der Waals surface area contributed by atoms with Gasteiger partial charge < -0.3 is 14.2 Å². The van der Waals surface area contributed by atoms with Gasteiger partial charge in [0.15, 0.2) is 23.1 Å². The van der Waals surface area contributed by atoms with E-state index in [0.29, 0.717) is 24.0 Å². The minimum atomic E-state index is 0.233. The predicted molar refractivity (Wildman–Crippen MR) is 111 cm³/mol. The van der Waals surface area contributed by atoms with Gasteiger partial charge in [0.1, 0.15) is 5.82 Å². The summed E-state index contributed by atoms with van der Waals surface area (Å²) in [6.07, 6.45) is 4.44. The van der Waals surface area contributed by atoms with Crippen LogP contribution in [0.5, 0.6) is 11.5 Å². The number of methoxy groups -OCH3 is 2. The van der Waals surface area contributed by atoms with Crippen molar-refractivity contribution in [1.82, 2.24) is 19.7 Å². The molecular weight excluding hydrogens is 380 g/mol. The monoisotopic (exact) mass is 406 g/mol. The summed E-state index contributed by atoms with van der Waals surface area (Å²) in [6.45, 7) is 1.99. The third-order valence-corrected chi connectivity index (χ3v) is 6.01. The molecule has 0 saturated carbocycles. The molecule has 7 heteroatoms. The Morgan fingerprint density at radius 3 is 2.63 bits per heavy atom. The van der Waals surface area contributed by atoms with Gasteiger partial charge >= 0.3 is 0 Å². The first kappa shape index (κ1) is 19.1. The van der Waals surface area contributed by atoms with E-state index in [9.17, 15) is 0 Å². The maximum Gasteiger partial charge on any atom is 0.161 e. The molecule has 30 heavy (non-hydrogen) atoms. The molecule has 5 rings (SSSR count). The van der Waals surface area contributed by atoms with E-state index in [0.717, 1.165) is 48.0 Å². The average Bonchev–Trinajstić information content (AvgIpc) is 3.49. The highest BCUT2D eigenvalue weighted by atomic mass is 16.5. The highest BCUT2D eigenvalue weighted by Gasteiger charge is 2.44. The number of hydrogen-bond acceptors (Lipinski definition) is 6. The number of fused-ring (bicyclic) bond motifs is 2. The first-order valence-corrected chi connectivity index (χ1v) is 10.4. The van der Waals surface area contributed by atoms with Crippen LogP contribution in [0.3, 0.4) is 0 Å². The van der Waals surface area contributed by atoms with Crippen molar-refractivity contribution >= 4 is 0 Å². The van der Waals surface area contributed by atoms with Crippen LogP contribution in [0.15, 0.2) is 36.4 Å². The molecule has 0 aliphatic carbocycles. The van der Waals surface area contributed by atoms with E-state index < -0.39 is 0 Å². The van der Waals surface area contributed by atoms with E-state index in [1.807, 2.05) is 48.0 Å². The van der Waals surface area contributed by atoms with Crippen molar-refractivity contribution in [1.29, 1.82) is 0 Å². The highest BCUT2D eigenvalue weighted by molar-refractivity contribution is 5.43. The fraction of sp³-hybridized carbons (Fsp3) is 0.435. The number of hydrogen-bond donors (Lipinski definition) is 0. The van der Waals surface area contributed by atoms with Gasteiger partial charge in [-0.3, -0.25) is 0 Å². The van der Waals surface area contributed by atoms with Crippen molar-refractivity contribution in [2.45, 2.75) is 50.7 Å². The maximum absolute atomic E-state index is 6.11. The van der Waals surface area contributed by atoms with Crippen LogP contribution in [0.25, 0.3) is 5.82 Å². The van der Waals surface area contributed by atoms with E-state index in [1.165, 1.54) is 0 Å². The van der Waals surface area contributed by atoms with Crippen LogP contribution in [-0.2, 0) is 11.2 Å². The number of aromatic nitrogens is 4. The second kappa shape index (κ2) is 7.72. The summed E-state index contributed by atoms with van der Waals surface area (Å²) < 4.78 is 18.8. The summed E-state index contributed by atoms with van der Waals surface area (Å²) in [7, 11) is 3.28. The van der Waals surface area contributed by atoms with Crippen LogP contribution < -0.4 is 9.47 Å². The number of ether oxygens (including phenoxy) is 3. The van der Waals surface area contributed by atoms with Crippen LogP contribution in [0.2, 0.25) is 0 Å². The highest BCUT2D eigenvalue weighted by Crippen LogP contribution is 2.44. The SMILES string of the molecule is COc1ccc(Cc2nc([C@H]3C[C@@H]4CC[C@H]3O4)n(-c3cccc(C)n3)n2)cc1OC. The molecule has 2 aliphatic heterocycles. The molecule has 2 bridgehead atoms. The zero-order valence-corrected chi connectivity index (χ0v) is 17.5. The number of rotatable bonds is 6. The van der Waals surface area contributed by atoms with Crippen LogP contribution in [-0.4, -0.2) is 46.2 Å². The molecule has 0 amide bonds. The molecule has 2 saturated heterocycles. The fourth-order valence-electron chi connectivity index (χ4n) is 4.58. The Morgan fingerprint density at radius 2 is 1.93 bits per heavy atom. The van der Waals surface area contributed by atoms with Crippen molar-refractivity contribution in [2.24, 2.45) is 0 Å². The van der Waals surface area contributed by atoms with Gasteiger partial charge in [0, 0.05) is 18.0 Å². The number of benzene rings is 1. The van der Waals surface area contributed by atoms with Gasteiger partial charge in [-0.1, -0.05) is 12.1 Å². The zero-order valence-electron chi connectivity index (χ0n) is 17.5. The van der Waals surface area contributed by atoms with Crippen molar-refractivity contribution in [3.63, 3.8) is 0 Å². The molecule has 156 valence electrons. The van der Waals surface area contributed by atoms with E-state index >= 15 is 0 Å². The molecule has 0 N–H and O–H groups in total. The van der Waals surface area contributed by atoms with Crippen molar-refractivity contribution in [3.05, 3.63) is 59.3 Å². The Hall–Kier alpha value is -2.93. The molecule has 2 aliphatic rings. The summed E-state index contributed by atoms with van der Waals surface area (Å²) in [5.41, 5.74) is 2.03. The van der Waals surface area contributed by atoms with Gasteiger partial charge in [-0.05, 0) is 56.0 Å². The smallest absolute Gasteiger partial charge is 0.161 e. The standard InChI is InChI=1S/C23H26N4O3/c1-14-5-4-6-22(24-14)27-23(17-13-16-8-10-18(17)30-16)25-21(26-27)12-15-7-9-19(28-2)20(11-15)29-3/h4-7,9,11,16-18H,8,10,12-13H2,1-3H3/t16-,17-,18+/m0/s1. The molecule has 0 unspecified atom stereocenters. The Morgan fingerprint density at radius 1 is 1.07 bits per heavy atom. The Balaban J connectivity index is 1.51. The predicted octanol–water partition coefficient (Wildman–Crippen LogP) is 3.61. The van der Waals surface area contributed by atoms with Crippen LogP contribution >= 0.6 is 0 Å². The van der Waals surface area contributed by atoms with Gasteiger partial charge in [-0.25, -0.2) is 9.97 Å². The van der Waals surface area contributed by atoms with Crippen LogP contribution in [0.4, 0.5) is 0 Å². The third-order valence-electron chi connectivity index (χ3n) is 6.01. The zero-order chi connectivity index (χ0) is 20.7. The number of aryl methyl sites for hydroxylation is 1. The van der Waals surface area contributed by atoms with Gasteiger partial charge in [0.05, 0.1) is 26.4 Å². The molecule has 7 nitrogen and oxygen atoms in total. The first-order valence-electron chi connectivity index (χ1n) is 10.4. The van der Waals surface area contributed by atoms with Crippen molar-refractivity contribution in [3.8, 4) is 17.3 Å². The van der Waals surface area contributed by atoms with Gasteiger partial charge in [0.2, 0.25) is 0 Å². The lowest BCUT2D eigenvalue weighted by Crippen LogP contribution is -2.19. The molecule has 3 atom stereocenters. The van der Waals surface area contributed by atoms with E-state index in [2.05, 4.69) is 0 Å². The fourth-order valence-corrected chi connectivity index (χ4v) is 4.58. The van der Waals surface area contributed by atoms with Crippen molar-refractivity contribution in [2.75, 3.05) is 14.2 Å². The molecule has 0 radical (unpaired) electrons. The molecule has 0 spiro atoms. The third kappa shape index (κ3) is 3.43.